The van der Waals surface area contributed by atoms with Crippen LogP contribution in [0.3, 0.4) is 0 Å². The summed E-state index contributed by atoms with van der Waals surface area (Å²) in [5.74, 6) is -0.383. The number of benzene rings is 1. The number of hydrogen-bond acceptors (Lipinski definition) is 8. The van der Waals surface area contributed by atoms with Gasteiger partial charge in [0.25, 0.3) is 0 Å². The summed E-state index contributed by atoms with van der Waals surface area (Å²) < 4.78 is 5.63. The van der Waals surface area contributed by atoms with Crippen molar-refractivity contribution in [1.82, 2.24) is 15.5 Å². The fraction of sp³-hybridized carbons (Fsp3) is 0.375. The van der Waals surface area contributed by atoms with Gasteiger partial charge in [-0.25, -0.2) is 0 Å². The first-order valence-electron chi connectivity index (χ1n) is 7.71. The number of nitrogen functional groups attached to an aromatic ring is 1. The van der Waals surface area contributed by atoms with E-state index >= 15 is 0 Å². The number of hydrogen-bond donors (Lipinski definition) is 2. The molecule has 1 aromatic carbocycles. The lowest BCUT2D eigenvalue weighted by Gasteiger charge is -2.18. The van der Waals surface area contributed by atoms with Gasteiger partial charge in [-0.05, 0) is 19.4 Å². The zero-order valence-corrected chi connectivity index (χ0v) is 15.7. The number of anilines is 1. The van der Waals surface area contributed by atoms with E-state index in [0.717, 1.165) is 11.1 Å². The number of nitrogens with two attached hydrogens (primary N) is 1. The van der Waals surface area contributed by atoms with Gasteiger partial charge in [-0.1, -0.05) is 52.9 Å². The molecule has 0 spiro atoms. The number of esters is 1. The van der Waals surface area contributed by atoms with Crippen LogP contribution in [0, 0.1) is 6.92 Å². The highest BCUT2D eigenvalue weighted by molar-refractivity contribution is 8.01. The molecule has 0 saturated heterocycles. The van der Waals surface area contributed by atoms with Crippen molar-refractivity contribution in [3.63, 3.8) is 0 Å². The summed E-state index contributed by atoms with van der Waals surface area (Å²) in [5, 5.41) is 10.8. The monoisotopic (exact) mass is 380 g/mol. The van der Waals surface area contributed by atoms with Gasteiger partial charge in [0.1, 0.15) is 0 Å². The van der Waals surface area contributed by atoms with Gasteiger partial charge in [0, 0.05) is 0 Å². The summed E-state index contributed by atoms with van der Waals surface area (Å²) in [7, 11) is 0. The average molecular weight is 380 g/mol. The number of aromatic nitrogens is 2. The number of rotatable bonds is 8. The molecule has 0 aliphatic heterocycles. The van der Waals surface area contributed by atoms with Crippen molar-refractivity contribution in [2.24, 2.45) is 0 Å². The minimum Gasteiger partial charge on any atom is -0.466 e. The second kappa shape index (κ2) is 9.38. The fourth-order valence-corrected chi connectivity index (χ4v) is 3.53. The molecule has 2 aromatic rings. The van der Waals surface area contributed by atoms with Crippen LogP contribution < -0.4 is 11.1 Å². The molecule has 0 aliphatic carbocycles. The standard InChI is InChI=1S/C16H20N4O3S2/c1-3-23-14(22)8-12(11-6-4-10(2)5-7-11)18-13(21)9-24-16-20-19-15(17)25-16/h4-7,12H,3,8-9H2,1-2H3,(H2,17,19)(H,18,21). The minimum atomic E-state index is -0.438. The Kier molecular flexibility index (Phi) is 7.20. The normalized spacial score (nSPS) is 11.8. The zero-order valence-electron chi connectivity index (χ0n) is 14.0. The Balaban J connectivity index is 1.99. The highest BCUT2D eigenvalue weighted by Gasteiger charge is 2.19. The molecular formula is C16H20N4O3S2. The first-order valence-corrected chi connectivity index (χ1v) is 9.51. The van der Waals surface area contributed by atoms with E-state index in [1.807, 2.05) is 31.2 Å². The molecule has 1 aromatic heterocycles. The molecule has 9 heteroatoms. The number of aryl methyl sites for hydroxylation is 1. The molecule has 0 aliphatic rings. The highest BCUT2D eigenvalue weighted by Crippen LogP contribution is 2.24. The van der Waals surface area contributed by atoms with Gasteiger partial charge in [-0.15, -0.1) is 10.2 Å². The summed E-state index contributed by atoms with van der Waals surface area (Å²) in [6.45, 7) is 4.04. The first-order chi connectivity index (χ1) is 12.0. The number of nitrogens with zero attached hydrogens (tertiary/aromatic N) is 2. The van der Waals surface area contributed by atoms with Crippen LogP contribution in [-0.2, 0) is 14.3 Å². The SMILES string of the molecule is CCOC(=O)CC(NC(=O)CSc1nnc(N)s1)c1ccc(C)cc1. The highest BCUT2D eigenvalue weighted by atomic mass is 32.2. The van der Waals surface area contributed by atoms with Crippen molar-refractivity contribution in [2.45, 2.75) is 30.6 Å². The number of ether oxygens (including phenoxy) is 1. The zero-order chi connectivity index (χ0) is 18.2. The first kappa shape index (κ1) is 19.2. The Morgan fingerprint density at radius 2 is 2.04 bits per heavy atom. The van der Waals surface area contributed by atoms with Crippen LogP contribution in [0.4, 0.5) is 5.13 Å². The Morgan fingerprint density at radius 1 is 1.32 bits per heavy atom. The topological polar surface area (TPSA) is 107 Å². The molecule has 0 fully saturated rings. The Hall–Kier alpha value is -2.13. The molecule has 0 radical (unpaired) electrons. The molecule has 1 amide bonds. The van der Waals surface area contributed by atoms with E-state index < -0.39 is 6.04 Å². The summed E-state index contributed by atoms with van der Waals surface area (Å²) in [6.07, 6.45) is 0.0824. The number of thioether (sulfide) groups is 1. The molecule has 1 unspecified atom stereocenters. The molecule has 2 rings (SSSR count). The molecule has 1 atom stereocenters. The van der Waals surface area contributed by atoms with E-state index in [1.54, 1.807) is 6.92 Å². The van der Waals surface area contributed by atoms with Crippen molar-refractivity contribution in [3.8, 4) is 0 Å². The van der Waals surface area contributed by atoms with E-state index in [4.69, 9.17) is 10.5 Å². The quantitative estimate of drug-likeness (QED) is 0.534. The van der Waals surface area contributed by atoms with Crippen molar-refractivity contribution < 1.29 is 14.3 Å². The second-order valence-electron chi connectivity index (χ2n) is 5.23. The summed E-state index contributed by atoms with van der Waals surface area (Å²) in [5.41, 5.74) is 7.48. The Bertz CT molecular complexity index is 718. The van der Waals surface area contributed by atoms with Crippen LogP contribution in [0.25, 0.3) is 0 Å². The third kappa shape index (κ3) is 6.35. The number of carbonyl (C=O) groups is 2. The summed E-state index contributed by atoms with van der Waals surface area (Å²) >= 11 is 2.48. The maximum absolute atomic E-state index is 12.3. The van der Waals surface area contributed by atoms with E-state index in [-0.39, 0.29) is 24.1 Å². The maximum Gasteiger partial charge on any atom is 0.308 e. The summed E-state index contributed by atoms with van der Waals surface area (Å²) in [4.78, 5) is 24.1. The largest absolute Gasteiger partial charge is 0.466 e. The average Bonchev–Trinajstić information content (AvgIpc) is 2.99. The van der Waals surface area contributed by atoms with E-state index in [0.29, 0.717) is 16.1 Å². The van der Waals surface area contributed by atoms with Gasteiger partial charge in [-0.3, -0.25) is 9.59 Å². The molecule has 0 bridgehead atoms. The lowest BCUT2D eigenvalue weighted by Crippen LogP contribution is -2.31. The number of amides is 1. The third-order valence-corrected chi connectivity index (χ3v) is 5.13. The fourth-order valence-electron chi connectivity index (χ4n) is 2.08. The molecule has 3 N–H and O–H groups in total. The van der Waals surface area contributed by atoms with Crippen molar-refractivity contribution in [2.75, 3.05) is 18.1 Å². The lowest BCUT2D eigenvalue weighted by atomic mass is 10.0. The van der Waals surface area contributed by atoms with Gasteiger partial charge in [0.15, 0.2) is 4.34 Å². The molecule has 7 nitrogen and oxygen atoms in total. The molecule has 134 valence electrons. The van der Waals surface area contributed by atoms with Crippen LogP contribution >= 0.6 is 23.1 Å². The van der Waals surface area contributed by atoms with Crippen LogP contribution in [0.2, 0.25) is 0 Å². The van der Waals surface area contributed by atoms with Gasteiger partial charge in [0.05, 0.1) is 24.8 Å². The van der Waals surface area contributed by atoms with E-state index in [9.17, 15) is 9.59 Å². The molecule has 25 heavy (non-hydrogen) atoms. The van der Waals surface area contributed by atoms with E-state index in [1.165, 1.54) is 23.1 Å². The smallest absolute Gasteiger partial charge is 0.308 e. The van der Waals surface area contributed by atoms with Gasteiger partial charge >= 0.3 is 5.97 Å². The van der Waals surface area contributed by atoms with Crippen molar-refractivity contribution in [3.05, 3.63) is 35.4 Å². The number of nitrogens with one attached hydrogen (secondary N) is 1. The van der Waals surface area contributed by atoms with Gasteiger partial charge in [0.2, 0.25) is 11.0 Å². The Labute approximate surface area is 154 Å². The van der Waals surface area contributed by atoms with Gasteiger partial charge < -0.3 is 15.8 Å². The summed E-state index contributed by atoms with van der Waals surface area (Å²) in [6, 6.07) is 7.25. The van der Waals surface area contributed by atoms with E-state index in [2.05, 4.69) is 15.5 Å². The maximum atomic E-state index is 12.3. The van der Waals surface area contributed by atoms with Gasteiger partial charge in [-0.2, -0.15) is 0 Å². The predicted molar refractivity (Wildman–Crippen MR) is 98.4 cm³/mol. The minimum absolute atomic E-state index is 0.0824. The van der Waals surface area contributed by atoms with Crippen LogP contribution in [-0.4, -0.2) is 34.4 Å². The van der Waals surface area contributed by atoms with Crippen molar-refractivity contribution >= 4 is 40.1 Å². The third-order valence-electron chi connectivity index (χ3n) is 3.24. The van der Waals surface area contributed by atoms with Crippen LogP contribution in [0.1, 0.15) is 30.5 Å². The van der Waals surface area contributed by atoms with Crippen LogP contribution in [0.5, 0.6) is 0 Å². The van der Waals surface area contributed by atoms with Crippen LogP contribution in [0.15, 0.2) is 28.6 Å². The lowest BCUT2D eigenvalue weighted by molar-refractivity contribution is -0.143. The Morgan fingerprint density at radius 3 is 2.64 bits per heavy atom. The second-order valence-corrected chi connectivity index (χ2v) is 7.47. The number of carbonyl (C=O) groups excluding carboxylic acids is 2. The molecular weight excluding hydrogens is 360 g/mol. The molecule has 0 saturated carbocycles. The van der Waals surface area contributed by atoms with Crippen molar-refractivity contribution in [1.29, 1.82) is 0 Å². The predicted octanol–water partition coefficient (Wildman–Crippen LogP) is 2.33. The molecule has 1 heterocycles.